The van der Waals surface area contributed by atoms with E-state index in [1.807, 2.05) is 13.0 Å². The number of nitriles is 1. The maximum absolute atomic E-state index is 13.5. The van der Waals surface area contributed by atoms with Crippen LogP contribution in [0.4, 0.5) is 5.69 Å². The number of anilines is 1. The minimum absolute atomic E-state index is 0.0663. The first-order chi connectivity index (χ1) is 17.2. The van der Waals surface area contributed by atoms with Crippen molar-refractivity contribution in [2.24, 2.45) is 16.7 Å². The summed E-state index contributed by atoms with van der Waals surface area (Å²) in [4.78, 5) is 13.5. The zero-order valence-corrected chi connectivity index (χ0v) is 21.8. The number of hydrogen-bond acceptors (Lipinski definition) is 4. The summed E-state index contributed by atoms with van der Waals surface area (Å²) in [7, 11) is 1.67. The van der Waals surface area contributed by atoms with Gasteiger partial charge in [-0.05, 0) is 104 Å². The number of carbonyl (C=O) groups excluding carboxylic acids is 1. The van der Waals surface area contributed by atoms with E-state index in [0.717, 1.165) is 55.3 Å². The van der Waals surface area contributed by atoms with Crippen LogP contribution in [0, 0.1) is 35.0 Å². The lowest BCUT2D eigenvalue weighted by Crippen LogP contribution is -2.50. The van der Waals surface area contributed by atoms with Crippen molar-refractivity contribution in [3.05, 3.63) is 75.9 Å². The van der Waals surface area contributed by atoms with Crippen molar-refractivity contribution in [3.63, 3.8) is 0 Å². The number of aryl methyl sites for hydroxylation is 1. The molecule has 1 fully saturated rings. The zero-order valence-electron chi connectivity index (χ0n) is 21.8. The van der Waals surface area contributed by atoms with E-state index in [2.05, 4.69) is 43.5 Å². The molecule has 0 unspecified atom stereocenters. The van der Waals surface area contributed by atoms with Gasteiger partial charge in [-0.2, -0.15) is 5.26 Å². The fourth-order valence-electron chi connectivity index (χ4n) is 7.38. The normalized spacial score (nSPS) is 32.6. The first kappa shape index (κ1) is 24.7. The summed E-state index contributed by atoms with van der Waals surface area (Å²) in [5.74, 6) is 0.327. The van der Waals surface area contributed by atoms with E-state index >= 15 is 0 Å². The zero-order chi connectivity index (χ0) is 25.7. The molecule has 0 heterocycles. The summed E-state index contributed by atoms with van der Waals surface area (Å²) in [5.41, 5.74) is 5.86. The molecule has 1 amide bonds. The Hall–Kier alpha value is -2.94. The second-order valence-electron chi connectivity index (χ2n) is 11.3. The number of nitrogens with zero attached hydrogens (tertiary/aromatic N) is 1. The number of hydrogen-bond donors (Lipinski definition) is 2. The predicted octanol–water partition coefficient (Wildman–Crippen LogP) is 5.91. The summed E-state index contributed by atoms with van der Waals surface area (Å²) >= 11 is 0. The van der Waals surface area contributed by atoms with Gasteiger partial charge in [0, 0.05) is 23.8 Å². The molecule has 188 valence electrons. The van der Waals surface area contributed by atoms with Crippen LogP contribution in [0.1, 0.15) is 63.5 Å². The quantitative estimate of drug-likeness (QED) is 0.544. The molecular weight excluding hydrogens is 448 g/mol. The molecule has 4 aliphatic rings. The molecule has 4 aliphatic carbocycles. The Morgan fingerprint density at radius 3 is 2.81 bits per heavy atom. The Balaban J connectivity index is 1.41. The minimum atomic E-state index is -0.730. The highest BCUT2D eigenvalue weighted by Gasteiger charge is 2.54. The van der Waals surface area contributed by atoms with Gasteiger partial charge < -0.3 is 15.2 Å². The molecular formula is C31H36N2O3. The number of amides is 1. The van der Waals surface area contributed by atoms with Crippen molar-refractivity contribution >= 4 is 11.6 Å². The number of carbonyl (C=O) groups is 1. The van der Waals surface area contributed by atoms with Crippen molar-refractivity contribution in [2.75, 3.05) is 19.0 Å². The molecule has 36 heavy (non-hydrogen) atoms. The average Bonchev–Trinajstić information content (AvgIpc) is 3.22. The van der Waals surface area contributed by atoms with E-state index in [1.54, 1.807) is 25.3 Å². The van der Waals surface area contributed by atoms with Crippen LogP contribution in [0.3, 0.4) is 0 Å². The molecule has 1 saturated carbocycles. The van der Waals surface area contributed by atoms with E-state index in [0.29, 0.717) is 18.1 Å². The number of rotatable bonds is 5. The number of fused-ring (bicyclic) bond motifs is 4. The second kappa shape index (κ2) is 8.87. The maximum atomic E-state index is 13.5. The number of ether oxygens (including phenoxy) is 1. The standard InChI is InChI=1S/C31H36N2O3/c1-5-31-15-14-30(35,19-36-4)17-22(31)7-8-23-24-9-10-26(29(24,3)13-12-25(23)31)28(34)33-27-11-6-21(18-32)16-20(27)2/h6,9-13,16,22,35H,5,7-8,14-15,17,19H2,1-4H3,(H,33,34)/t22-,29-,30+,31-/m0/s1. The van der Waals surface area contributed by atoms with E-state index in [-0.39, 0.29) is 11.3 Å². The van der Waals surface area contributed by atoms with Crippen molar-refractivity contribution in [3.8, 4) is 6.07 Å². The summed E-state index contributed by atoms with van der Waals surface area (Å²) in [6, 6.07) is 7.47. The SMILES string of the molecule is CC[C@]12CC[C@](O)(COC)C[C@@H]1CCC1=C2C=C[C@]2(C)C(C(=O)Nc3ccc(C#N)cc3C)=CC=C12. The van der Waals surface area contributed by atoms with Gasteiger partial charge in [-0.1, -0.05) is 31.2 Å². The lowest BCUT2D eigenvalue weighted by atomic mass is 9.51. The highest BCUT2D eigenvalue weighted by atomic mass is 16.5. The Kier molecular flexibility index (Phi) is 6.09. The predicted molar refractivity (Wildman–Crippen MR) is 141 cm³/mol. The van der Waals surface area contributed by atoms with Crippen LogP contribution in [-0.2, 0) is 9.53 Å². The first-order valence-electron chi connectivity index (χ1n) is 13.1. The molecule has 5 heteroatoms. The third-order valence-electron chi connectivity index (χ3n) is 9.39. The molecule has 0 aromatic heterocycles. The summed E-state index contributed by atoms with van der Waals surface area (Å²) in [6.07, 6.45) is 14.2. The van der Waals surface area contributed by atoms with Crippen LogP contribution in [-0.4, -0.2) is 30.3 Å². The van der Waals surface area contributed by atoms with E-state index in [9.17, 15) is 9.90 Å². The topological polar surface area (TPSA) is 82.3 Å². The number of methoxy groups -OCH3 is 1. The van der Waals surface area contributed by atoms with Gasteiger partial charge in [0.2, 0.25) is 0 Å². The molecule has 1 aromatic rings. The molecule has 1 aromatic carbocycles. The highest BCUT2D eigenvalue weighted by molar-refractivity contribution is 6.07. The fraction of sp³-hybridized carbons (Fsp3) is 0.484. The molecule has 0 radical (unpaired) electrons. The van der Waals surface area contributed by atoms with Crippen LogP contribution >= 0.6 is 0 Å². The fourth-order valence-corrected chi connectivity index (χ4v) is 7.38. The summed E-state index contributed by atoms with van der Waals surface area (Å²) in [6.45, 7) is 6.73. The largest absolute Gasteiger partial charge is 0.387 e. The summed E-state index contributed by atoms with van der Waals surface area (Å²) in [5, 5.41) is 23.4. The molecule has 4 atom stereocenters. The highest BCUT2D eigenvalue weighted by Crippen LogP contribution is 2.62. The molecule has 0 saturated heterocycles. The Bertz CT molecular complexity index is 1280. The molecule has 5 nitrogen and oxygen atoms in total. The van der Waals surface area contributed by atoms with Crippen LogP contribution in [0.15, 0.2) is 64.8 Å². The molecule has 0 spiro atoms. The van der Waals surface area contributed by atoms with Crippen molar-refractivity contribution in [1.29, 1.82) is 5.26 Å². The Morgan fingerprint density at radius 2 is 2.11 bits per heavy atom. The van der Waals surface area contributed by atoms with Crippen LogP contribution in [0.5, 0.6) is 0 Å². The lowest BCUT2D eigenvalue weighted by Gasteiger charge is -2.55. The van der Waals surface area contributed by atoms with Gasteiger partial charge in [0.05, 0.1) is 23.8 Å². The van der Waals surface area contributed by atoms with Gasteiger partial charge in [-0.15, -0.1) is 0 Å². The van der Waals surface area contributed by atoms with Crippen molar-refractivity contribution < 1.29 is 14.6 Å². The van der Waals surface area contributed by atoms with Crippen LogP contribution in [0.2, 0.25) is 0 Å². The van der Waals surface area contributed by atoms with E-state index in [1.165, 1.54) is 16.7 Å². The smallest absolute Gasteiger partial charge is 0.252 e. The Morgan fingerprint density at radius 1 is 1.31 bits per heavy atom. The number of nitrogens with one attached hydrogen (secondary N) is 1. The lowest BCUT2D eigenvalue weighted by molar-refractivity contribution is -0.113. The third kappa shape index (κ3) is 3.70. The number of benzene rings is 1. The van der Waals surface area contributed by atoms with E-state index < -0.39 is 11.0 Å². The first-order valence-corrected chi connectivity index (χ1v) is 13.1. The molecule has 2 N–H and O–H groups in total. The van der Waals surface area contributed by atoms with Gasteiger partial charge in [0.15, 0.2) is 0 Å². The second-order valence-corrected chi connectivity index (χ2v) is 11.3. The Labute approximate surface area is 214 Å². The molecule has 5 rings (SSSR count). The van der Waals surface area contributed by atoms with Crippen molar-refractivity contribution in [1.82, 2.24) is 0 Å². The third-order valence-corrected chi connectivity index (χ3v) is 9.39. The number of aliphatic hydroxyl groups is 1. The van der Waals surface area contributed by atoms with Crippen LogP contribution < -0.4 is 5.32 Å². The molecule has 0 aliphatic heterocycles. The van der Waals surface area contributed by atoms with E-state index in [4.69, 9.17) is 10.00 Å². The molecule has 0 bridgehead atoms. The minimum Gasteiger partial charge on any atom is -0.387 e. The summed E-state index contributed by atoms with van der Waals surface area (Å²) < 4.78 is 5.36. The monoisotopic (exact) mass is 484 g/mol. The van der Waals surface area contributed by atoms with Gasteiger partial charge >= 0.3 is 0 Å². The number of allylic oxidation sites excluding steroid dienone is 7. The average molecular weight is 485 g/mol. The maximum Gasteiger partial charge on any atom is 0.252 e. The van der Waals surface area contributed by atoms with Gasteiger partial charge in [-0.3, -0.25) is 4.79 Å². The van der Waals surface area contributed by atoms with Crippen LogP contribution in [0.25, 0.3) is 0 Å². The van der Waals surface area contributed by atoms with Gasteiger partial charge in [0.1, 0.15) is 0 Å². The van der Waals surface area contributed by atoms with Crippen molar-refractivity contribution in [2.45, 2.75) is 64.9 Å². The van der Waals surface area contributed by atoms with Gasteiger partial charge in [0.25, 0.3) is 5.91 Å². The van der Waals surface area contributed by atoms with Gasteiger partial charge in [-0.25, -0.2) is 0 Å².